The zero-order chi connectivity index (χ0) is 20.8. The standard InChI is InChI=1S/C21H21N7O2/c1-4-30-15-7-5-6-14(10-15)16-11-19(29)22-21-20(16)12(2)25-28(21)18-9-8-17-24-23-13(3)27(17)26-18/h5-10,16H,4,11H2,1-3H3,(H,22,29)/t16-/m1/s1. The van der Waals surface area contributed by atoms with E-state index in [1.54, 1.807) is 9.20 Å². The molecule has 30 heavy (non-hydrogen) atoms. The Bertz CT molecular complexity index is 1270. The minimum Gasteiger partial charge on any atom is -0.494 e. The van der Waals surface area contributed by atoms with Gasteiger partial charge in [0.15, 0.2) is 17.3 Å². The monoisotopic (exact) mass is 403 g/mol. The zero-order valence-corrected chi connectivity index (χ0v) is 17.0. The van der Waals surface area contributed by atoms with Gasteiger partial charge in [0.25, 0.3) is 0 Å². The van der Waals surface area contributed by atoms with Crippen LogP contribution in [-0.4, -0.2) is 42.1 Å². The normalized spacial score (nSPS) is 15.8. The fourth-order valence-corrected chi connectivity index (χ4v) is 3.98. The number of aromatic nitrogens is 6. The Labute approximate surface area is 172 Å². The highest BCUT2D eigenvalue weighted by Crippen LogP contribution is 2.40. The third-order valence-electron chi connectivity index (χ3n) is 5.30. The topological polar surface area (TPSA) is 99.2 Å². The van der Waals surface area contributed by atoms with Crippen molar-refractivity contribution >= 4 is 17.4 Å². The second-order valence-electron chi connectivity index (χ2n) is 7.28. The lowest BCUT2D eigenvalue weighted by atomic mass is 9.86. The Morgan fingerprint density at radius 3 is 2.87 bits per heavy atom. The molecule has 1 aliphatic heterocycles. The molecule has 9 nitrogen and oxygen atoms in total. The van der Waals surface area contributed by atoms with Gasteiger partial charge >= 0.3 is 0 Å². The molecule has 5 rings (SSSR count). The summed E-state index contributed by atoms with van der Waals surface area (Å²) in [5.41, 5.74) is 3.52. The van der Waals surface area contributed by atoms with E-state index in [4.69, 9.17) is 9.84 Å². The fraction of sp³-hybridized carbons (Fsp3) is 0.286. The molecule has 0 fully saturated rings. The summed E-state index contributed by atoms with van der Waals surface area (Å²) in [4.78, 5) is 12.6. The van der Waals surface area contributed by atoms with Crippen molar-refractivity contribution in [2.75, 3.05) is 11.9 Å². The number of hydrogen-bond donors (Lipinski definition) is 1. The average Bonchev–Trinajstić information content (AvgIpc) is 3.27. The van der Waals surface area contributed by atoms with Crippen molar-refractivity contribution in [3.63, 3.8) is 0 Å². The van der Waals surface area contributed by atoms with Gasteiger partial charge in [-0.1, -0.05) is 12.1 Å². The number of hydrogen-bond acceptors (Lipinski definition) is 6. The molecule has 4 heterocycles. The Morgan fingerprint density at radius 2 is 2.03 bits per heavy atom. The van der Waals surface area contributed by atoms with Crippen molar-refractivity contribution in [1.29, 1.82) is 0 Å². The van der Waals surface area contributed by atoms with Crippen LogP contribution in [0, 0.1) is 13.8 Å². The highest BCUT2D eigenvalue weighted by molar-refractivity contribution is 5.95. The van der Waals surface area contributed by atoms with Gasteiger partial charge in [0.2, 0.25) is 5.91 Å². The Hall–Kier alpha value is -3.75. The number of carbonyl (C=O) groups is 1. The average molecular weight is 403 g/mol. The predicted molar refractivity (Wildman–Crippen MR) is 110 cm³/mol. The molecule has 0 bridgehead atoms. The van der Waals surface area contributed by atoms with Crippen LogP contribution < -0.4 is 10.1 Å². The molecule has 9 heteroatoms. The van der Waals surface area contributed by atoms with Gasteiger partial charge < -0.3 is 10.1 Å². The van der Waals surface area contributed by atoms with E-state index in [2.05, 4.69) is 20.6 Å². The highest BCUT2D eigenvalue weighted by Gasteiger charge is 2.33. The van der Waals surface area contributed by atoms with Crippen LogP contribution in [0.3, 0.4) is 0 Å². The molecule has 0 spiro atoms. The minimum atomic E-state index is -0.108. The first-order valence-corrected chi connectivity index (χ1v) is 9.86. The highest BCUT2D eigenvalue weighted by atomic mass is 16.5. The van der Waals surface area contributed by atoms with Gasteiger partial charge in [0.1, 0.15) is 11.6 Å². The summed E-state index contributed by atoms with van der Waals surface area (Å²) >= 11 is 0. The Morgan fingerprint density at radius 1 is 1.17 bits per heavy atom. The maximum atomic E-state index is 12.6. The largest absolute Gasteiger partial charge is 0.494 e. The number of nitrogens with zero attached hydrogens (tertiary/aromatic N) is 6. The van der Waals surface area contributed by atoms with Gasteiger partial charge in [0, 0.05) is 17.9 Å². The van der Waals surface area contributed by atoms with Gasteiger partial charge in [0.05, 0.1) is 12.3 Å². The first-order valence-electron chi connectivity index (χ1n) is 9.86. The van der Waals surface area contributed by atoms with E-state index in [-0.39, 0.29) is 11.8 Å². The van der Waals surface area contributed by atoms with Crippen LogP contribution in [0.25, 0.3) is 11.5 Å². The van der Waals surface area contributed by atoms with Crippen molar-refractivity contribution < 1.29 is 9.53 Å². The van der Waals surface area contributed by atoms with Gasteiger partial charge in [-0.3, -0.25) is 4.79 Å². The third-order valence-corrected chi connectivity index (χ3v) is 5.30. The maximum absolute atomic E-state index is 12.6. The van der Waals surface area contributed by atoms with Crippen LogP contribution in [0.5, 0.6) is 5.75 Å². The van der Waals surface area contributed by atoms with Crippen molar-refractivity contribution in [2.45, 2.75) is 33.1 Å². The number of ether oxygens (including phenoxy) is 1. The number of nitrogens with one attached hydrogen (secondary N) is 1. The van der Waals surface area contributed by atoms with Crippen molar-refractivity contribution in [3.05, 3.63) is 59.0 Å². The molecule has 1 N–H and O–H groups in total. The van der Waals surface area contributed by atoms with Crippen LogP contribution in [0.1, 0.15) is 41.9 Å². The van der Waals surface area contributed by atoms with Crippen molar-refractivity contribution in [1.82, 2.24) is 29.6 Å². The fourth-order valence-electron chi connectivity index (χ4n) is 3.98. The van der Waals surface area contributed by atoms with Crippen LogP contribution in [0.2, 0.25) is 0 Å². The van der Waals surface area contributed by atoms with E-state index in [1.165, 1.54) is 0 Å². The molecule has 1 amide bonds. The Kier molecular flexibility index (Phi) is 4.23. The molecule has 3 aromatic heterocycles. The van der Waals surface area contributed by atoms with Crippen LogP contribution in [0.15, 0.2) is 36.4 Å². The van der Waals surface area contributed by atoms with Crippen LogP contribution in [0.4, 0.5) is 5.82 Å². The molecule has 1 aromatic carbocycles. The molecule has 1 aliphatic rings. The van der Waals surface area contributed by atoms with Crippen molar-refractivity contribution in [3.8, 4) is 11.6 Å². The smallest absolute Gasteiger partial charge is 0.226 e. The number of amides is 1. The summed E-state index contributed by atoms with van der Waals surface area (Å²) in [6, 6.07) is 11.6. The van der Waals surface area contributed by atoms with Gasteiger partial charge in [-0.25, -0.2) is 0 Å². The number of fused-ring (bicyclic) bond motifs is 2. The van der Waals surface area contributed by atoms with Crippen LogP contribution >= 0.6 is 0 Å². The number of aryl methyl sites for hydroxylation is 2. The quantitative estimate of drug-likeness (QED) is 0.563. The summed E-state index contributed by atoms with van der Waals surface area (Å²) in [6.07, 6.45) is 0.353. The van der Waals surface area contributed by atoms with Crippen LogP contribution in [-0.2, 0) is 4.79 Å². The molecule has 152 valence electrons. The van der Waals surface area contributed by atoms with E-state index in [0.29, 0.717) is 36.1 Å². The van der Waals surface area contributed by atoms with E-state index in [9.17, 15) is 4.79 Å². The number of benzene rings is 1. The molecule has 0 radical (unpaired) electrons. The molecule has 1 atom stereocenters. The second kappa shape index (κ2) is 6.94. The van der Waals surface area contributed by atoms with Crippen molar-refractivity contribution in [2.24, 2.45) is 0 Å². The van der Waals surface area contributed by atoms with E-state index in [1.807, 2.05) is 57.2 Å². The molecular formula is C21H21N7O2. The summed E-state index contributed by atoms with van der Waals surface area (Å²) < 4.78 is 9.00. The minimum absolute atomic E-state index is 0.0583. The summed E-state index contributed by atoms with van der Waals surface area (Å²) in [5, 5.41) is 20.4. The first kappa shape index (κ1) is 18.3. The number of anilines is 1. The van der Waals surface area contributed by atoms with Gasteiger partial charge in [-0.2, -0.15) is 14.3 Å². The van der Waals surface area contributed by atoms with E-state index in [0.717, 1.165) is 22.6 Å². The molecular weight excluding hydrogens is 382 g/mol. The summed E-state index contributed by atoms with van der Waals surface area (Å²) in [7, 11) is 0. The molecule has 4 aromatic rings. The van der Waals surface area contributed by atoms with E-state index < -0.39 is 0 Å². The summed E-state index contributed by atoms with van der Waals surface area (Å²) in [5.74, 6) is 2.54. The maximum Gasteiger partial charge on any atom is 0.226 e. The number of rotatable bonds is 4. The van der Waals surface area contributed by atoms with Gasteiger partial charge in [-0.05, 0) is 50.6 Å². The lowest BCUT2D eigenvalue weighted by Crippen LogP contribution is -2.25. The first-order chi connectivity index (χ1) is 14.5. The lowest BCUT2D eigenvalue weighted by molar-refractivity contribution is -0.116. The van der Waals surface area contributed by atoms with Gasteiger partial charge in [-0.15, -0.1) is 15.3 Å². The van der Waals surface area contributed by atoms with E-state index >= 15 is 0 Å². The Balaban J connectivity index is 1.64. The molecule has 0 saturated carbocycles. The molecule has 0 saturated heterocycles. The molecule has 0 aliphatic carbocycles. The number of carbonyl (C=O) groups excluding carboxylic acids is 1. The zero-order valence-electron chi connectivity index (χ0n) is 17.0. The third kappa shape index (κ3) is 2.90. The lowest BCUT2D eigenvalue weighted by Gasteiger charge is -2.24. The second-order valence-corrected chi connectivity index (χ2v) is 7.28. The molecule has 0 unspecified atom stereocenters. The predicted octanol–water partition coefficient (Wildman–Crippen LogP) is 2.80. The SMILES string of the molecule is CCOc1cccc([C@H]2CC(=O)Nc3c2c(C)nn3-c2ccc3nnc(C)n3n2)c1. The summed E-state index contributed by atoms with van der Waals surface area (Å²) in [6.45, 7) is 6.33.